The van der Waals surface area contributed by atoms with E-state index < -0.39 is 11.2 Å². The van der Waals surface area contributed by atoms with Crippen molar-refractivity contribution in [3.05, 3.63) is 71.8 Å². The van der Waals surface area contributed by atoms with Crippen LogP contribution < -0.4 is 0 Å². The van der Waals surface area contributed by atoms with Gasteiger partial charge in [0.1, 0.15) is 11.2 Å². The van der Waals surface area contributed by atoms with Crippen LogP contribution in [0.4, 0.5) is 0 Å². The van der Waals surface area contributed by atoms with Gasteiger partial charge in [0, 0.05) is 0 Å². The van der Waals surface area contributed by atoms with Crippen molar-refractivity contribution in [1.29, 1.82) is 0 Å². The van der Waals surface area contributed by atoms with Crippen LogP contribution in [-0.4, -0.2) is 15.8 Å². The van der Waals surface area contributed by atoms with Gasteiger partial charge in [-0.1, -0.05) is 87.9 Å². The Labute approximate surface area is 151 Å². The van der Waals surface area contributed by atoms with Crippen LogP contribution in [0.25, 0.3) is 0 Å². The third-order valence-corrected chi connectivity index (χ3v) is 6.06. The molecule has 0 aromatic heterocycles. The third kappa shape index (κ3) is 3.02. The van der Waals surface area contributed by atoms with E-state index in [1.807, 2.05) is 60.7 Å². The maximum absolute atomic E-state index is 12.1. The van der Waals surface area contributed by atoms with Crippen LogP contribution in [0.3, 0.4) is 0 Å². The van der Waals surface area contributed by atoms with Crippen molar-refractivity contribution in [3.8, 4) is 0 Å². The van der Waals surface area contributed by atoms with Crippen LogP contribution in [0.1, 0.15) is 51.2 Å². The molecule has 134 valence electrons. The second kappa shape index (κ2) is 6.93. The van der Waals surface area contributed by atoms with E-state index in [0.717, 1.165) is 24.0 Å². The topological polar surface area (TPSA) is 40.5 Å². The summed E-state index contributed by atoms with van der Waals surface area (Å²) >= 11 is 0. The summed E-state index contributed by atoms with van der Waals surface area (Å²) in [5, 5.41) is 24.2. The summed E-state index contributed by atoms with van der Waals surface area (Å²) in [5.74, 6) is 0.740. The van der Waals surface area contributed by atoms with E-state index in [0.29, 0.717) is 18.3 Å². The number of rotatable bonds is 4. The van der Waals surface area contributed by atoms with Crippen molar-refractivity contribution >= 4 is 0 Å². The Morgan fingerprint density at radius 2 is 1.40 bits per heavy atom. The zero-order chi connectivity index (χ0) is 18.1. The van der Waals surface area contributed by atoms with E-state index in [9.17, 15) is 10.2 Å². The molecule has 0 amide bonds. The molecule has 1 saturated carbocycles. The highest BCUT2D eigenvalue weighted by atomic mass is 16.4. The summed E-state index contributed by atoms with van der Waals surface area (Å²) in [5.41, 5.74) is -1.08. The number of benzene rings is 2. The second-order valence-electron chi connectivity index (χ2n) is 8.10. The maximum atomic E-state index is 12.1. The second-order valence-corrected chi connectivity index (χ2v) is 8.10. The van der Waals surface area contributed by atoms with Gasteiger partial charge < -0.3 is 10.2 Å². The minimum absolute atomic E-state index is 0.0501. The smallest absolute Gasteiger partial charge is 0.143 e. The van der Waals surface area contributed by atoms with Crippen molar-refractivity contribution < 1.29 is 10.2 Å². The van der Waals surface area contributed by atoms with Crippen molar-refractivity contribution in [2.45, 2.75) is 51.2 Å². The standard InChI is InChI=1S/C23H30O2/c1-17(2)21-15-14-18(3)16-22(21,24)23(25,19-10-6-4-7-11-19)20-12-8-5-9-13-20/h4-13,17-18,21,24-25H,14-16H2,1-3H3/t18-,21+,22+/m1/s1. The molecule has 1 aliphatic carbocycles. The molecule has 2 nitrogen and oxygen atoms in total. The monoisotopic (exact) mass is 338 g/mol. The lowest BCUT2D eigenvalue weighted by molar-refractivity contribution is -0.198. The van der Waals surface area contributed by atoms with Gasteiger partial charge in [-0.05, 0) is 41.7 Å². The van der Waals surface area contributed by atoms with Gasteiger partial charge in [-0.3, -0.25) is 0 Å². The van der Waals surface area contributed by atoms with Gasteiger partial charge in [-0.25, -0.2) is 0 Å². The normalized spacial score (nSPS) is 27.4. The largest absolute Gasteiger partial charge is 0.386 e. The van der Waals surface area contributed by atoms with E-state index in [-0.39, 0.29) is 5.92 Å². The summed E-state index contributed by atoms with van der Waals surface area (Å²) in [6.45, 7) is 6.49. The molecule has 2 heteroatoms. The SMILES string of the molecule is CC(C)[C@@H]1CC[C@@H](C)C[C@@]1(O)C(O)(c1ccccc1)c1ccccc1. The van der Waals surface area contributed by atoms with Crippen molar-refractivity contribution in [1.82, 2.24) is 0 Å². The van der Waals surface area contributed by atoms with Gasteiger partial charge in [-0.2, -0.15) is 0 Å². The molecule has 0 saturated heterocycles. The quantitative estimate of drug-likeness (QED) is 0.845. The van der Waals surface area contributed by atoms with E-state index in [2.05, 4.69) is 20.8 Å². The highest BCUT2D eigenvalue weighted by molar-refractivity contribution is 5.40. The molecule has 1 fully saturated rings. The predicted molar refractivity (Wildman–Crippen MR) is 102 cm³/mol. The lowest BCUT2D eigenvalue weighted by Gasteiger charge is -2.53. The summed E-state index contributed by atoms with van der Waals surface area (Å²) in [4.78, 5) is 0. The molecular formula is C23H30O2. The maximum Gasteiger partial charge on any atom is 0.143 e. The summed E-state index contributed by atoms with van der Waals surface area (Å²) < 4.78 is 0. The van der Waals surface area contributed by atoms with Gasteiger partial charge in [0.05, 0.1) is 0 Å². The Kier molecular flexibility index (Phi) is 5.04. The Bertz CT molecular complexity index is 640. The Hall–Kier alpha value is -1.64. The molecule has 2 aromatic rings. The summed E-state index contributed by atoms with van der Waals surface area (Å²) in [6, 6.07) is 19.4. The molecule has 0 bridgehead atoms. The molecule has 3 atom stereocenters. The van der Waals surface area contributed by atoms with Crippen LogP contribution in [0, 0.1) is 17.8 Å². The zero-order valence-electron chi connectivity index (χ0n) is 15.5. The van der Waals surface area contributed by atoms with Gasteiger partial charge in [0.15, 0.2) is 0 Å². The minimum Gasteiger partial charge on any atom is -0.386 e. The third-order valence-electron chi connectivity index (χ3n) is 6.06. The zero-order valence-corrected chi connectivity index (χ0v) is 15.5. The van der Waals surface area contributed by atoms with Crippen molar-refractivity contribution in [2.75, 3.05) is 0 Å². The molecule has 0 radical (unpaired) electrons. The van der Waals surface area contributed by atoms with E-state index in [4.69, 9.17) is 0 Å². The Morgan fingerprint density at radius 3 is 1.84 bits per heavy atom. The molecule has 2 N–H and O–H groups in total. The highest BCUT2D eigenvalue weighted by Crippen LogP contribution is 2.53. The predicted octanol–water partition coefficient (Wildman–Crippen LogP) is 4.75. The molecule has 25 heavy (non-hydrogen) atoms. The first kappa shape index (κ1) is 18.2. The molecular weight excluding hydrogens is 308 g/mol. The van der Waals surface area contributed by atoms with Crippen LogP contribution in [0.2, 0.25) is 0 Å². The highest BCUT2D eigenvalue weighted by Gasteiger charge is 2.58. The van der Waals surface area contributed by atoms with Gasteiger partial charge >= 0.3 is 0 Å². The fourth-order valence-electron chi connectivity index (χ4n) is 4.81. The molecule has 0 aliphatic heterocycles. The fourth-order valence-corrected chi connectivity index (χ4v) is 4.81. The average Bonchev–Trinajstić information content (AvgIpc) is 2.62. The molecule has 1 aliphatic rings. The van der Waals surface area contributed by atoms with Gasteiger partial charge in [-0.15, -0.1) is 0 Å². The lowest BCUT2D eigenvalue weighted by atomic mass is 9.57. The van der Waals surface area contributed by atoms with Crippen molar-refractivity contribution in [2.24, 2.45) is 17.8 Å². The van der Waals surface area contributed by atoms with Gasteiger partial charge in [0.2, 0.25) is 0 Å². The molecule has 0 heterocycles. The summed E-state index contributed by atoms with van der Waals surface area (Å²) in [6.07, 6.45) is 2.65. The van der Waals surface area contributed by atoms with E-state index in [1.54, 1.807) is 0 Å². The molecule has 0 spiro atoms. The van der Waals surface area contributed by atoms with Crippen molar-refractivity contribution in [3.63, 3.8) is 0 Å². The number of hydrogen-bond donors (Lipinski definition) is 2. The molecule has 0 unspecified atom stereocenters. The first-order chi connectivity index (χ1) is 11.9. The van der Waals surface area contributed by atoms with Crippen LogP contribution >= 0.6 is 0 Å². The van der Waals surface area contributed by atoms with E-state index >= 15 is 0 Å². The first-order valence-corrected chi connectivity index (χ1v) is 9.45. The lowest BCUT2D eigenvalue weighted by Crippen LogP contribution is -2.60. The Morgan fingerprint density at radius 1 is 0.920 bits per heavy atom. The number of hydrogen-bond acceptors (Lipinski definition) is 2. The molecule has 3 rings (SSSR count). The average molecular weight is 338 g/mol. The van der Waals surface area contributed by atoms with Crippen LogP contribution in [0.15, 0.2) is 60.7 Å². The van der Waals surface area contributed by atoms with Crippen LogP contribution in [-0.2, 0) is 5.60 Å². The van der Waals surface area contributed by atoms with E-state index in [1.165, 1.54) is 0 Å². The fraction of sp³-hybridized carbons (Fsp3) is 0.478. The van der Waals surface area contributed by atoms with Gasteiger partial charge in [0.25, 0.3) is 0 Å². The number of aliphatic hydroxyl groups is 2. The van der Waals surface area contributed by atoms with Crippen LogP contribution in [0.5, 0.6) is 0 Å². The Balaban J connectivity index is 2.23. The minimum atomic E-state index is -1.42. The molecule has 2 aromatic carbocycles. The summed E-state index contributed by atoms with van der Waals surface area (Å²) in [7, 11) is 0. The first-order valence-electron chi connectivity index (χ1n) is 9.45.